The second-order valence-electron chi connectivity index (χ2n) is 6.87. The standard InChI is InChI=1S/C19H15ClF3NO7S3/c1-12(24-34(29,30)19(21,22)23)13-6-8-14(9-7-13)32(25,26)17-10-11-31-18(17)33(27,28)16-5-3-2-4-15(16)20/h2-12,24H,1H3/t12-/m0/s1. The number of sulfone groups is 2. The molecule has 8 nitrogen and oxygen atoms in total. The van der Waals surface area contributed by atoms with E-state index < -0.39 is 56.1 Å². The summed E-state index contributed by atoms with van der Waals surface area (Å²) in [6.07, 6.45) is 0.874. The minimum Gasteiger partial charge on any atom is -0.451 e. The Morgan fingerprint density at radius 3 is 2.00 bits per heavy atom. The molecular weight excluding hydrogens is 543 g/mol. The first-order chi connectivity index (χ1) is 15.6. The molecule has 0 unspecified atom stereocenters. The van der Waals surface area contributed by atoms with E-state index in [4.69, 9.17) is 16.0 Å². The first-order valence-corrected chi connectivity index (χ1v) is 13.9. The summed E-state index contributed by atoms with van der Waals surface area (Å²) in [6.45, 7) is 1.14. The van der Waals surface area contributed by atoms with Crippen molar-refractivity contribution >= 4 is 41.3 Å². The van der Waals surface area contributed by atoms with Crippen LogP contribution in [0, 0.1) is 0 Å². The Morgan fingerprint density at radius 1 is 0.853 bits per heavy atom. The molecule has 0 aliphatic carbocycles. The third-order valence-corrected chi connectivity index (χ3v) is 9.96. The van der Waals surface area contributed by atoms with Crippen molar-refractivity contribution in [3.63, 3.8) is 0 Å². The van der Waals surface area contributed by atoms with Crippen molar-refractivity contribution < 1.29 is 42.8 Å². The molecule has 0 fully saturated rings. The molecule has 15 heteroatoms. The number of rotatable bonds is 7. The number of hydrogen-bond donors (Lipinski definition) is 1. The maximum Gasteiger partial charge on any atom is 0.511 e. The van der Waals surface area contributed by atoms with E-state index in [0.717, 1.165) is 43.5 Å². The second-order valence-corrected chi connectivity index (χ2v) is 12.7. The van der Waals surface area contributed by atoms with Crippen molar-refractivity contribution in [2.24, 2.45) is 0 Å². The highest BCUT2D eigenvalue weighted by molar-refractivity contribution is 7.94. The average molecular weight is 558 g/mol. The predicted molar refractivity (Wildman–Crippen MR) is 114 cm³/mol. The summed E-state index contributed by atoms with van der Waals surface area (Å²) in [7, 11) is -14.6. The van der Waals surface area contributed by atoms with E-state index >= 15 is 0 Å². The maximum absolute atomic E-state index is 13.1. The largest absolute Gasteiger partial charge is 0.511 e. The summed E-state index contributed by atoms with van der Waals surface area (Å²) in [6, 6.07) is 9.15. The highest BCUT2D eigenvalue weighted by atomic mass is 35.5. The Morgan fingerprint density at radius 2 is 1.44 bits per heavy atom. The highest BCUT2D eigenvalue weighted by Gasteiger charge is 2.46. The summed E-state index contributed by atoms with van der Waals surface area (Å²) in [5.41, 5.74) is -5.49. The van der Waals surface area contributed by atoms with E-state index in [1.807, 2.05) is 0 Å². The van der Waals surface area contributed by atoms with Gasteiger partial charge in [-0.3, -0.25) is 0 Å². The fourth-order valence-electron chi connectivity index (χ4n) is 2.87. The zero-order valence-electron chi connectivity index (χ0n) is 16.9. The molecule has 184 valence electrons. The lowest BCUT2D eigenvalue weighted by atomic mass is 10.1. The molecule has 1 heterocycles. The molecule has 1 N–H and O–H groups in total. The average Bonchev–Trinajstić information content (AvgIpc) is 3.25. The van der Waals surface area contributed by atoms with Crippen LogP contribution in [0.25, 0.3) is 0 Å². The van der Waals surface area contributed by atoms with Gasteiger partial charge in [-0.25, -0.2) is 30.0 Å². The molecule has 34 heavy (non-hydrogen) atoms. The first kappa shape index (κ1) is 26.2. The lowest BCUT2D eigenvalue weighted by molar-refractivity contribution is -0.0450. The van der Waals surface area contributed by atoms with Crippen LogP contribution >= 0.6 is 11.6 Å². The minimum atomic E-state index is -5.63. The van der Waals surface area contributed by atoms with Gasteiger partial charge < -0.3 is 4.42 Å². The molecule has 0 saturated heterocycles. The maximum atomic E-state index is 13.1. The molecule has 3 rings (SSSR count). The Kier molecular flexibility index (Phi) is 6.94. The third kappa shape index (κ3) is 4.86. The SMILES string of the molecule is C[C@H](NS(=O)(=O)C(F)(F)F)c1ccc(S(=O)(=O)c2ccoc2S(=O)(=O)c2ccccc2Cl)cc1. The van der Waals surface area contributed by atoms with Gasteiger partial charge in [-0.2, -0.15) is 13.2 Å². The van der Waals surface area contributed by atoms with Crippen LogP contribution < -0.4 is 4.72 Å². The molecular formula is C19H15ClF3NO7S3. The van der Waals surface area contributed by atoms with Gasteiger partial charge in [0.2, 0.25) is 24.8 Å². The zero-order valence-corrected chi connectivity index (χ0v) is 20.2. The number of furan rings is 1. The highest BCUT2D eigenvalue weighted by Crippen LogP contribution is 2.35. The number of sulfonamides is 1. The van der Waals surface area contributed by atoms with Crippen LogP contribution in [0.1, 0.15) is 18.5 Å². The first-order valence-electron chi connectivity index (χ1n) is 9.10. The van der Waals surface area contributed by atoms with Gasteiger partial charge in [0.05, 0.1) is 21.1 Å². The van der Waals surface area contributed by atoms with Crippen molar-refractivity contribution in [1.82, 2.24) is 4.72 Å². The number of halogens is 4. The smallest absolute Gasteiger partial charge is 0.451 e. The van der Waals surface area contributed by atoms with Gasteiger partial charge in [-0.05, 0) is 42.8 Å². The van der Waals surface area contributed by atoms with Crippen molar-refractivity contribution in [1.29, 1.82) is 0 Å². The van der Waals surface area contributed by atoms with Gasteiger partial charge in [0.1, 0.15) is 4.90 Å². The summed E-state index contributed by atoms with van der Waals surface area (Å²) in [5.74, 6) is 0. The molecule has 0 aliphatic rings. The van der Waals surface area contributed by atoms with E-state index in [1.54, 1.807) is 0 Å². The van der Waals surface area contributed by atoms with Gasteiger partial charge in [0.15, 0.2) is 0 Å². The van der Waals surface area contributed by atoms with Crippen molar-refractivity contribution in [3.05, 3.63) is 71.4 Å². The van der Waals surface area contributed by atoms with Gasteiger partial charge >= 0.3 is 15.5 Å². The predicted octanol–water partition coefficient (Wildman–Crippen LogP) is 4.10. The summed E-state index contributed by atoms with van der Waals surface area (Å²) < 4.78 is 119. The molecule has 1 atom stereocenters. The van der Waals surface area contributed by atoms with E-state index in [-0.39, 0.29) is 15.5 Å². The van der Waals surface area contributed by atoms with Crippen LogP contribution in [0.5, 0.6) is 0 Å². The van der Waals surface area contributed by atoms with Gasteiger partial charge in [-0.1, -0.05) is 35.9 Å². The molecule has 1 aromatic heterocycles. The molecule has 0 amide bonds. The lowest BCUT2D eigenvalue weighted by Crippen LogP contribution is -2.37. The van der Waals surface area contributed by atoms with Crippen LogP contribution in [0.3, 0.4) is 0 Å². The Hall–Kier alpha value is -2.39. The van der Waals surface area contributed by atoms with Gasteiger partial charge in [0.25, 0.3) is 0 Å². The number of nitrogens with one attached hydrogen (secondary N) is 1. The quantitative estimate of drug-likeness (QED) is 0.463. The van der Waals surface area contributed by atoms with Crippen molar-refractivity contribution in [2.75, 3.05) is 0 Å². The van der Waals surface area contributed by atoms with Crippen LogP contribution in [-0.4, -0.2) is 30.8 Å². The lowest BCUT2D eigenvalue weighted by Gasteiger charge is -2.16. The van der Waals surface area contributed by atoms with Crippen LogP contribution in [0.15, 0.2) is 85.1 Å². The summed E-state index contributed by atoms with van der Waals surface area (Å²) in [4.78, 5) is -1.45. The van der Waals surface area contributed by atoms with E-state index in [2.05, 4.69) is 0 Å². The van der Waals surface area contributed by atoms with Crippen LogP contribution in [-0.2, 0) is 29.7 Å². The van der Waals surface area contributed by atoms with E-state index in [0.29, 0.717) is 0 Å². The molecule has 0 saturated carbocycles. The molecule has 0 spiro atoms. The number of alkyl halides is 3. The molecule has 2 aromatic carbocycles. The zero-order chi connectivity index (χ0) is 25.5. The third-order valence-electron chi connectivity index (χ3n) is 4.58. The van der Waals surface area contributed by atoms with Gasteiger partial charge in [0, 0.05) is 6.04 Å². The van der Waals surface area contributed by atoms with E-state index in [9.17, 15) is 38.4 Å². The minimum absolute atomic E-state index is 0.0304. The number of benzene rings is 2. The summed E-state index contributed by atoms with van der Waals surface area (Å²) in [5, 5.41) is -1.02. The Bertz CT molecular complexity index is 1530. The van der Waals surface area contributed by atoms with E-state index in [1.165, 1.54) is 29.0 Å². The van der Waals surface area contributed by atoms with Crippen molar-refractivity contribution in [3.8, 4) is 0 Å². The molecule has 0 bridgehead atoms. The second kappa shape index (κ2) is 9.00. The topological polar surface area (TPSA) is 128 Å². The van der Waals surface area contributed by atoms with Crippen LogP contribution in [0.2, 0.25) is 5.02 Å². The normalized spacial score (nSPS) is 14.1. The Balaban J connectivity index is 1.97. The fraction of sp³-hybridized carbons (Fsp3) is 0.158. The van der Waals surface area contributed by atoms with Crippen molar-refractivity contribution in [2.45, 2.75) is 38.3 Å². The summed E-state index contributed by atoms with van der Waals surface area (Å²) >= 11 is 5.94. The Labute approximate surface area is 198 Å². The fourth-order valence-corrected chi connectivity index (χ4v) is 7.25. The van der Waals surface area contributed by atoms with Gasteiger partial charge in [-0.15, -0.1) is 0 Å². The molecule has 3 aromatic rings. The molecule has 0 radical (unpaired) electrons. The molecule has 0 aliphatic heterocycles. The monoisotopic (exact) mass is 557 g/mol. The number of hydrogen-bond acceptors (Lipinski definition) is 7. The van der Waals surface area contributed by atoms with Crippen LogP contribution in [0.4, 0.5) is 13.2 Å².